The number of amides is 1. The summed E-state index contributed by atoms with van der Waals surface area (Å²) in [6.07, 6.45) is 12.0. The van der Waals surface area contributed by atoms with Gasteiger partial charge in [0.05, 0.1) is 17.4 Å². The Hall–Kier alpha value is -2.61. The fraction of sp³-hybridized carbons (Fsp3) is 0.429. The van der Waals surface area contributed by atoms with E-state index in [-0.39, 0.29) is 5.91 Å². The highest BCUT2D eigenvalue weighted by Gasteiger charge is 2.23. The molecule has 8 heteroatoms. The first-order valence-corrected chi connectivity index (χ1v) is 11.3. The highest BCUT2D eigenvalue weighted by Crippen LogP contribution is 2.33. The van der Waals surface area contributed by atoms with Gasteiger partial charge in [-0.05, 0) is 37.7 Å². The smallest absolute Gasteiger partial charge is 0.254 e. The van der Waals surface area contributed by atoms with Crippen LogP contribution in [-0.4, -0.2) is 43.3 Å². The van der Waals surface area contributed by atoms with E-state index in [1.54, 1.807) is 28.8 Å². The summed E-state index contributed by atoms with van der Waals surface area (Å²) in [5.74, 6) is 0.932. The van der Waals surface area contributed by atoms with Gasteiger partial charge in [0.1, 0.15) is 5.82 Å². The van der Waals surface area contributed by atoms with Gasteiger partial charge >= 0.3 is 0 Å². The number of nitrogens with one attached hydrogen (secondary N) is 1. The van der Waals surface area contributed by atoms with Crippen LogP contribution in [0.15, 0.2) is 47.9 Å². The van der Waals surface area contributed by atoms with Gasteiger partial charge in [0.15, 0.2) is 5.16 Å². The zero-order valence-corrected chi connectivity index (χ0v) is 17.4. The molecule has 152 valence electrons. The number of hydrogen-bond donors (Lipinski definition) is 1. The topological polar surface area (TPSA) is 77.6 Å². The van der Waals surface area contributed by atoms with E-state index in [9.17, 15) is 4.79 Å². The Labute approximate surface area is 174 Å². The fourth-order valence-corrected chi connectivity index (χ4v) is 4.43. The minimum absolute atomic E-state index is 0.103. The third-order valence-electron chi connectivity index (χ3n) is 5.34. The van der Waals surface area contributed by atoms with Crippen LogP contribution in [0.3, 0.4) is 0 Å². The molecule has 1 amide bonds. The second-order valence-electron chi connectivity index (χ2n) is 7.28. The van der Waals surface area contributed by atoms with Gasteiger partial charge in [-0.25, -0.2) is 4.68 Å². The summed E-state index contributed by atoms with van der Waals surface area (Å²) < 4.78 is 4.03. The van der Waals surface area contributed by atoms with Crippen LogP contribution in [0.25, 0.3) is 5.69 Å². The average Bonchev–Trinajstić information content (AvgIpc) is 3.51. The number of aryl methyl sites for hydroxylation is 1. The summed E-state index contributed by atoms with van der Waals surface area (Å²) in [7, 11) is 0. The molecule has 1 aliphatic rings. The molecule has 1 saturated carbocycles. The summed E-state index contributed by atoms with van der Waals surface area (Å²) >= 11 is 1.66. The van der Waals surface area contributed by atoms with Crippen molar-refractivity contribution in [1.82, 2.24) is 29.9 Å². The van der Waals surface area contributed by atoms with Crippen molar-refractivity contribution >= 4 is 17.7 Å². The molecule has 1 aliphatic carbocycles. The second kappa shape index (κ2) is 9.26. The van der Waals surface area contributed by atoms with Gasteiger partial charge in [0.2, 0.25) is 0 Å². The van der Waals surface area contributed by atoms with E-state index in [1.807, 2.05) is 30.3 Å². The van der Waals surface area contributed by atoms with Gasteiger partial charge in [-0.1, -0.05) is 42.8 Å². The number of nitrogens with zero attached hydrogens (tertiary/aromatic N) is 5. The van der Waals surface area contributed by atoms with Gasteiger partial charge in [0.25, 0.3) is 5.91 Å². The van der Waals surface area contributed by atoms with Crippen LogP contribution in [0.1, 0.15) is 54.3 Å². The normalized spacial score (nSPS) is 14.4. The molecule has 4 rings (SSSR count). The van der Waals surface area contributed by atoms with E-state index in [1.165, 1.54) is 25.7 Å². The molecule has 1 N–H and O–H groups in total. The molecule has 0 bridgehead atoms. The molecule has 0 atom stereocenters. The van der Waals surface area contributed by atoms with Crippen LogP contribution in [0.5, 0.6) is 0 Å². The maximum atomic E-state index is 12.4. The zero-order chi connectivity index (χ0) is 20.1. The Bertz CT molecular complexity index is 945. The molecule has 7 nitrogen and oxygen atoms in total. The Morgan fingerprint density at radius 2 is 2.00 bits per heavy atom. The van der Waals surface area contributed by atoms with Gasteiger partial charge in [-0.3, -0.25) is 4.79 Å². The summed E-state index contributed by atoms with van der Waals surface area (Å²) in [6, 6.07) is 10.3. The number of thioether (sulfide) groups is 1. The molecule has 0 aliphatic heterocycles. The fourth-order valence-electron chi connectivity index (χ4n) is 3.86. The summed E-state index contributed by atoms with van der Waals surface area (Å²) in [4.78, 5) is 12.4. The molecular weight excluding hydrogens is 384 g/mol. The number of rotatable bonds is 8. The summed E-state index contributed by atoms with van der Waals surface area (Å²) in [5.41, 5.74) is 1.50. The molecule has 1 aromatic carbocycles. The van der Waals surface area contributed by atoms with Gasteiger partial charge in [-0.15, -0.1) is 10.2 Å². The van der Waals surface area contributed by atoms with Crippen molar-refractivity contribution in [2.75, 3.05) is 12.8 Å². The average molecular weight is 411 g/mol. The monoisotopic (exact) mass is 410 g/mol. The zero-order valence-electron chi connectivity index (χ0n) is 16.6. The first-order chi connectivity index (χ1) is 14.3. The molecule has 29 heavy (non-hydrogen) atoms. The lowest BCUT2D eigenvalue weighted by molar-refractivity contribution is 0.0953. The lowest BCUT2D eigenvalue weighted by Crippen LogP contribution is -2.24. The number of hydrogen-bond acceptors (Lipinski definition) is 5. The van der Waals surface area contributed by atoms with Crippen LogP contribution in [0, 0.1) is 0 Å². The van der Waals surface area contributed by atoms with Crippen molar-refractivity contribution in [3.05, 3.63) is 54.1 Å². The first kappa shape index (κ1) is 19.7. The number of carbonyl (C=O) groups is 1. The Morgan fingerprint density at radius 1 is 1.21 bits per heavy atom. The molecule has 0 radical (unpaired) electrons. The number of para-hydroxylation sites is 1. The van der Waals surface area contributed by atoms with E-state index in [2.05, 4.69) is 31.4 Å². The lowest BCUT2D eigenvalue weighted by atomic mass is 10.2. The van der Waals surface area contributed by atoms with E-state index in [0.29, 0.717) is 18.2 Å². The van der Waals surface area contributed by atoms with Crippen molar-refractivity contribution in [2.45, 2.75) is 49.7 Å². The molecule has 0 unspecified atom stereocenters. The van der Waals surface area contributed by atoms with Crippen LogP contribution >= 0.6 is 11.8 Å². The highest BCUT2D eigenvalue weighted by atomic mass is 32.2. The number of benzene rings is 1. The van der Waals surface area contributed by atoms with Crippen molar-refractivity contribution in [2.24, 2.45) is 0 Å². The minimum Gasteiger partial charge on any atom is -0.352 e. The van der Waals surface area contributed by atoms with Gasteiger partial charge < -0.3 is 9.88 Å². The molecule has 3 aromatic rings. The number of carbonyl (C=O) groups excluding carboxylic acids is 1. The van der Waals surface area contributed by atoms with Crippen molar-refractivity contribution < 1.29 is 4.79 Å². The van der Waals surface area contributed by atoms with Crippen molar-refractivity contribution in [3.63, 3.8) is 0 Å². The maximum absolute atomic E-state index is 12.4. The Kier molecular flexibility index (Phi) is 6.29. The molecule has 2 heterocycles. The van der Waals surface area contributed by atoms with E-state index in [0.717, 1.165) is 29.5 Å². The van der Waals surface area contributed by atoms with E-state index in [4.69, 9.17) is 0 Å². The lowest BCUT2D eigenvalue weighted by Gasteiger charge is -2.16. The number of aromatic nitrogens is 5. The predicted molar refractivity (Wildman–Crippen MR) is 114 cm³/mol. The van der Waals surface area contributed by atoms with Gasteiger partial charge in [0, 0.05) is 25.2 Å². The van der Waals surface area contributed by atoms with Crippen molar-refractivity contribution in [3.8, 4) is 5.69 Å². The van der Waals surface area contributed by atoms with E-state index < -0.39 is 0 Å². The second-order valence-corrected chi connectivity index (χ2v) is 8.05. The Morgan fingerprint density at radius 3 is 2.76 bits per heavy atom. The highest BCUT2D eigenvalue weighted by molar-refractivity contribution is 7.98. The molecule has 1 fully saturated rings. The van der Waals surface area contributed by atoms with Crippen LogP contribution in [-0.2, 0) is 6.42 Å². The quantitative estimate of drug-likeness (QED) is 0.453. The summed E-state index contributed by atoms with van der Waals surface area (Å²) in [6.45, 7) is 0.599. The molecule has 0 saturated heterocycles. The maximum Gasteiger partial charge on any atom is 0.254 e. The predicted octanol–water partition coefficient (Wildman–Crippen LogP) is 3.66. The van der Waals surface area contributed by atoms with Crippen LogP contribution < -0.4 is 5.32 Å². The van der Waals surface area contributed by atoms with Crippen molar-refractivity contribution in [1.29, 1.82) is 0 Å². The third-order valence-corrected chi connectivity index (χ3v) is 5.98. The van der Waals surface area contributed by atoms with Crippen LogP contribution in [0.2, 0.25) is 0 Å². The standard InChI is InChI=1S/C21H26N6OS/c1-29-21-25-24-19(27(21)18-10-5-6-11-18)12-7-13-22-20(28)16-14-23-26(15-16)17-8-3-2-4-9-17/h2-4,8-9,14-15,18H,5-7,10-13H2,1H3,(H,22,28). The van der Waals surface area contributed by atoms with Crippen LogP contribution in [0.4, 0.5) is 0 Å². The first-order valence-electron chi connectivity index (χ1n) is 10.1. The molecule has 2 aromatic heterocycles. The summed E-state index contributed by atoms with van der Waals surface area (Å²) in [5, 5.41) is 17.0. The Balaban J connectivity index is 1.30. The molecule has 0 spiro atoms. The third kappa shape index (κ3) is 4.53. The minimum atomic E-state index is -0.103. The SMILES string of the molecule is CSc1nnc(CCCNC(=O)c2cnn(-c3ccccc3)c2)n1C1CCCC1. The molecular formula is C21H26N6OS. The van der Waals surface area contributed by atoms with Gasteiger partial charge in [-0.2, -0.15) is 5.10 Å². The van der Waals surface area contributed by atoms with E-state index >= 15 is 0 Å². The largest absolute Gasteiger partial charge is 0.352 e.